The molecule has 0 spiro atoms. The average Bonchev–Trinajstić information content (AvgIpc) is 3.26. The summed E-state index contributed by atoms with van der Waals surface area (Å²) in [4.78, 5) is 16.4. The Hall–Kier alpha value is -3.88. The molecule has 1 aromatic heterocycles. The van der Waals surface area contributed by atoms with Crippen LogP contribution in [0.15, 0.2) is 78.2 Å². The van der Waals surface area contributed by atoms with Gasteiger partial charge >= 0.3 is 0 Å². The lowest BCUT2D eigenvalue weighted by Gasteiger charge is -2.16. The number of sulfonamides is 1. The number of nitrogens with two attached hydrogens (primary N) is 1. The number of hydrogen-bond donors (Lipinski definition) is 2. The van der Waals surface area contributed by atoms with Crippen LogP contribution in [0.5, 0.6) is 11.5 Å². The molecule has 1 heterocycles. The highest BCUT2D eigenvalue weighted by molar-refractivity contribution is 7.89. The van der Waals surface area contributed by atoms with Crippen LogP contribution >= 0.6 is 0 Å². The van der Waals surface area contributed by atoms with E-state index in [4.69, 9.17) is 14.6 Å². The molecule has 0 unspecified atom stereocenters. The number of fused-ring (bicyclic) bond motifs is 1. The van der Waals surface area contributed by atoms with Crippen molar-refractivity contribution in [2.75, 3.05) is 14.2 Å². The van der Waals surface area contributed by atoms with Gasteiger partial charge in [0.25, 0.3) is 0 Å². The van der Waals surface area contributed by atoms with Crippen LogP contribution in [-0.2, 0) is 10.0 Å². The molecule has 0 aliphatic heterocycles. The molecule has 0 fully saturated rings. The number of carbonyl (C=O) groups is 1. The highest BCUT2D eigenvalue weighted by Crippen LogP contribution is 2.39. The zero-order chi connectivity index (χ0) is 23.8. The smallest absolute Gasteiger partial charge is 0.238 e. The maximum absolute atomic E-state index is 13.1. The van der Waals surface area contributed by atoms with Crippen LogP contribution in [0.3, 0.4) is 0 Å². The van der Waals surface area contributed by atoms with Crippen LogP contribution in [0.1, 0.15) is 15.9 Å². The van der Waals surface area contributed by atoms with Crippen molar-refractivity contribution in [1.82, 2.24) is 4.98 Å². The second-order valence-electron chi connectivity index (χ2n) is 7.40. The van der Waals surface area contributed by atoms with E-state index in [-0.39, 0.29) is 21.8 Å². The Morgan fingerprint density at radius 3 is 2.21 bits per heavy atom. The van der Waals surface area contributed by atoms with E-state index >= 15 is 0 Å². The van der Waals surface area contributed by atoms with Gasteiger partial charge in [0.05, 0.1) is 24.8 Å². The van der Waals surface area contributed by atoms with Crippen molar-refractivity contribution >= 4 is 32.3 Å². The molecule has 3 N–H and O–H groups in total. The van der Waals surface area contributed by atoms with E-state index in [2.05, 4.69) is 11.6 Å². The summed E-state index contributed by atoms with van der Waals surface area (Å²) in [6.45, 7) is 3.99. The molecule has 168 valence electrons. The van der Waals surface area contributed by atoms with Crippen molar-refractivity contribution in [1.29, 1.82) is 0 Å². The summed E-state index contributed by atoms with van der Waals surface area (Å²) in [5.41, 5.74) is 3.48. The third kappa shape index (κ3) is 4.26. The summed E-state index contributed by atoms with van der Waals surface area (Å²) in [7, 11) is -0.792. The maximum Gasteiger partial charge on any atom is 0.238 e. The molecule has 0 bridgehead atoms. The Bertz CT molecular complexity index is 1450. The number of primary sulfonamides is 1. The minimum absolute atomic E-state index is 0.0761. The maximum atomic E-state index is 13.1. The van der Waals surface area contributed by atoms with Gasteiger partial charge in [-0.15, -0.1) is 0 Å². The van der Waals surface area contributed by atoms with Crippen molar-refractivity contribution in [3.05, 3.63) is 84.4 Å². The number of allylic oxidation sites excluding steroid dienone is 1. The molecule has 0 atom stereocenters. The second-order valence-corrected chi connectivity index (χ2v) is 8.96. The Labute approximate surface area is 191 Å². The normalized spacial score (nSPS) is 11.4. The van der Waals surface area contributed by atoms with E-state index in [0.29, 0.717) is 17.1 Å². The molecule has 0 aliphatic rings. The van der Waals surface area contributed by atoms with E-state index in [0.717, 1.165) is 22.2 Å². The predicted octanol–water partition coefficient (Wildman–Crippen LogP) is 4.40. The first-order valence-electron chi connectivity index (χ1n) is 9.94. The van der Waals surface area contributed by atoms with Crippen molar-refractivity contribution in [2.24, 2.45) is 5.14 Å². The van der Waals surface area contributed by atoms with Crippen LogP contribution in [0, 0.1) is 0 Å². The van der Waals surface area contributed by atoms with Crippen molar-refractivity contribution in [3.8, 4) is 22.8 Å². The lowest BCUT2D eigenvalue weighted by molar-refractivity contribution is 0.105. The minimum Gasteiger partial charge on any atom is -0.496 e. The number of para-hydroxylation sites is 1. The van der Waals surface area contributed by atoms with Crippen molar-refractivity contribution < 1.29 is 22.7 Å². The number of rotatable bonds is 7. The first kappa shape index (κ1) is 22.3. The number of ketones is 1. The number of aromatic nitrogens is 1. The van der Waals surface area contributed by atoms with Gasteiger partial charge in [-0.25, -0.2) is 13.6 Å². The Morgan fingerprint density at radius 2 is 1.61 bits per heavy atom. The lowest BCUT2D eigenvalue weighted by Crippen LogP contribution is -2.12. The van der Waals surface area contributed by atoms with Crippen LogP contribution in [0.25, 0.3) is 27.7 Å². The molecule has 0 saturated heterocycles. The fraction of sp³-hybridized carbons (Fsp3) is 0.0800. The van der Waals surface area contributed by atoms with E-state index in [1.165, 1.54) is 31.4 Å². The molecule has 0 radical (unpaired) electrons. The third-order valence-corrected chi connectivity index (χ3v) is 6.32. The van der Waals surface area contributed by atoms with Crippen LogP contribution < -0.4 is 14.6 Å². The van der Waals surface area contributed by atoms with Crippen molar-refractivity contribution in [3.63, 3.8) is 0 Å². The zero-order valence-corrected chi connectivity index (χ0v) is 18.9. The molecule has 4 rings (SSSR count). The fourth-order valence-electron chi connectivity index (χ4n) is 3.66. The number of ether oxygens (including phenoxy) is 2. The number of H-pyrrole nitrogens is 1. The first-order valence-corrected chi connectivity index (χ1v) is 11.5. The molecule has 0 saturated carbocycles. The summed E-state index contributed by atoms with van der Waals surface area (Å²) in [6, 6.07) is 18.8. The van der Waals surface area contributed by atoms with Gasteiger partial charge < -0.3 is 14.5 Å². The molecule has 8 heteroatoms. The summed E-state index contributed by atoms with van der Waals surface area (Å²) in [5.74, 6) is 0.619. The fourth-order valence-corrected chi connectivity index (χ4v) is 4.17. The van der Waals surface area contributed by atoms with Gasteiger partial charge in [-0.2, -0.15) is 0 Å². The van der Waals surface area contributed by atoms with Gasteiger partial charge in [-0.3, -0.25) is 4.79 Å². The molecule has 4 aromatic rings. The number of Topliss-reactive ketones (excluding diaryl/α,β-unsaturated/α-hetero) is 1. The van der Waals surface area contributed by atoms with Crippen LogP contribution in [0.2, 0.25) is 0 Å². The number of hydrogen-bond acceptors (Lipinski definition) is 5. The highest BCUT2D eigenvalue weighted by Gasteiger charge is 2.21. The summed E-state index contributed by atoms with van der Waals surface area (Å²) >= 11 is 0. The Morgan fingerprint density at radius 1 is 0.939 bits per heavy atom. The van der Waals surface area contributed by atoms with Gasteiger partial charge in [0.15, 0.2) is 5.78 Å². The first-order chi connectivity index (χ1) is 15.7. The summed E-state index contributed by atoms with van der Waals surface area (Å²) in [6.07, 6.45) is 0. The Balaban J connectivity index is 1.78. The SMILES string of the molecule is C=C(C(=O)c1ccc(S(N)(=O)=O)cc1)c1cc(-c2cc3ccccc3[nH]2)c(OC)cc1OC. The average molecular weight is 463 g/mol. The van der Waals surface area contributed by atoms with E-state index < -0.39 is 10.0 Å². The predicted molar refractivity (Wildman–Crippen MR) is 128 cm³/mol. The van der Waals surface area contributed by atoms with Gasteiger partial charge in [-0.1, -0.05) is 24.8 Å². The van der Waals surface area contributed by atoms with Gasteiger partial charge in [0, 0.05) is 39.2 Å². The van der Waals surface area contributed by atoms with E-state index in [9.17, 15) is 13.2 Å². The molecule has 0 amide bonds. The number of methoxy groups -OCH3 is 2. The molecule has 33 heavy (non-hydrogen) atoms. The van der Waals surface area contributed by atoms with E-state index in [1.54, 1.807) is 19.2 Å². The quantitative estimate of drug-likeness (QED) is 0.312. The zero-order valence-electron chi connectivity index (χ0n) is 18.1. The largest absolute Gasteiger partial charge is 0.496 e. The standard InChI is InChI=1S/C25H22N2O5S/c1-15(25(28)16-8-10-18(11-9-16)33(26,29)30)19-13-20(24(32-3)14-23(19)31-2)22-12-17-6-4-5-7-21(17)27-22/h4-14,27H,1H2,2-3H3,(H2,26,29,30). The molecule has 7 nitrogen and oxygen atoms in total. The Kier molecular flexibility index (Phi) is 5.80. The van der Waals surface area contributed by atoms with Crippen LogP contribution in [-0.4, -0.2) is 33.4 Å². The van der Waals surface area contributed by atoms with Gasteiger partial charge in [-0.05, 0) is 42.5 Å². The summed E-state index contributed by atoms with van der Waals surface area (Å²) in [5, 5.41) is 6.18. The number of benzene rings is 3. The molecule has 3 aromatic carbocycles. The summed E-state index contributed by atoms with van der Waals surface area (Å²) < 4.78 is 34.1. The monoisotopic (exact) mass is 462 g/mol. The molecular formula is C25H22N2O5S. The molecular weight excluding hydrogens is 440 g/mol. The lowest BCUT2D eigenvalue weighted by atomic mass is 9.95. The van der Waals surface area contributed by atoms with Gasteiger partial charge in [0.1, 0.15) is 11.5 Å². The number of carbonyl (C=O) groups excluding carboxylic acids is 1. The van der Waals surface area contributed by atoms with Gasteiger partial charge in [0.2, 0.25) is 10.0 Å². The second kappa shape index (κ2) is 8.57. The number of nitrogens with one attached hydrogen (secondary N) is 1. The highest BCUT2D eigenvalue weighted by atomic mass is 32.2. The number of aromatic amines is 1. The van der Waals surface area contributed by atoms with Crippen LogP contribution in [0.4, 0.5) is 0 Å². The van der Waals surface area contributed by atoms with Crippen molar-refractivity contribution in [2.45, 2.75) is 4.90 Å². The topological polar surface area (TPSA) is 111 Å². The van der Waals surface area contributed by atoms with E-state index in [1.807, 2.05) is 30.3 Å². The minimum atomic E-state index is -3.85. The molecule has 0 aliphatic carbocycles. The third-order valence-electron chi connectivity index (χ3n) is 5.39.